The zero-order chi connectivity index (χ0) is 13.9. The van der Waals surface area contributed by atoms with Crippen molar-refractivity contribution in [3.8, 4) is 0 Å². The monoisotopic (exact) mass is 258 g/mol. The van der Waals surface area contributed by atoms with Gasteiger partial charge in [-0.1, -0.05) is 26.0 Å². The molecule has 3 heteroatoms. The van der Waals surface area contributed by atoms with E-state index in [1.807, 2.05) is 35.2 Å². The number of benzene rings is 1. The van der Waals surface area contributed by atoms with Crippen LogP contribution in [0.5, 0.6) is 0 Å². The lowest BCUT2D eigenvalue weighted by molar-refractivity contribution is -0.127. The molecule has 0 aromatic heterocycles. The van der Waals surface area contributed by atoms with Crippen molar-refractivity contribution < 1.29 is 4.79 Å². The number of likely N-dealkylation sites (tertiary alicyclic amines) is 1. The number of nitrogen functional groups attached to an aromatic ring is 1. The Hall–Kier alpha value is -1.77. The third-order valence-corrected chi connectivity index (χ3v) is 3.78. The fourth-order valence-corrected chi connectivity index (χ4v) is 2.21. The van der Waals surface area contributed by atoms with Gasteiger partial charge in [0.15, 0.2) is 0 Å². The fraction of sp³-hybridized carbons (Fsp3) is 0.438. The first-order valence-corrected chi connectivity index (χ1v) is 6.79. The van der Waals surface area contributed by atoms with Crippen LogP contribution in [0.4, 0.5) is 5.69 Å². The van der Waals surface area contributed by atoms with Crippen LogP contribution in [0.3, 0.4) is 0 Å². The van der Waals surface area contributed by atoms with Gasteiger partial charge in [-0.05, 0) is 42.0 Å². The summed E-state index contributed by atoms with van der Waals surface area (Å²) in [4.78, 5) is 14.0. The lowest BCUT2D eigenvalue weighted by Gasteiger charge is -2.36. The molecule has 1 amide bonds. The van der Waals surface area contributed by atoms with Gasteiger partial charge in [0.1, 0.15) is 0 Å². The summed E-state index contributed by atoms with van der Waals surface area (Å²) in [5.41, 5.74) is 7.74. The van der Waals surface area contributed by atoms with Crippen molar-refractivity contribution in [3.05, 3.63) is 35.9 Å². The highest BCUT2D eigenvalue weighted by Gasteiger charge is 2.26. The van der Waals surface area contributed by atoms with E-state index in [9.17, 15) is 4.79 Å². The van der Waals surface area contributed by atoms with E-state index in [1.165, 1.54) is 0 Å². The topological polar surface area (TPSA) is 46.3 Å². The van der Waals surface area contributed by atoms with Gasteiger partial charge in [-0.3, -0.25) is 4.79 Å². The Morgan fingerprint density at radius 2 is 1.79 bits per heavy atom. The van der Waals surface area contributed by atoms with E-state index in [0.29, 0.717) is 5.41 Å². The van der Waals surface area contributed by atoms with Crippen LogP contribution >= 0.6 is 0 Å². The van der Waals surface area contributed by atoms with Gasteiger partial charge in [-0.2, -0.15) is 0 Å². The summed E-state index contributed by atoms with van der Waals surface area (Å²) in [7, 11) is 0. The summed E-state index contributed by atoms with van der Waals surface area (Å²) < 4.78 is 0. The van der Waals surface area contributed by atoms with Crippen LogP contribution in [0.15, 0.2) is 30.3 Å². The van der Waals surface area contributed by atoms with Crippen molar-refractivity contribution >= 4 is 17.7 Å². The lowest BCUT2D eigenvalue weighted by Crippen LogP contribution is -2.40. The molecular formula is C16H22N2O. The van der Waals surface area contributed by atoms with Crippen molar-refractivity contribution in [2.24, 2.45) is 5.41 Å². The molecule has 0 atom stereocenters. The average Bonchev–Trinajstić information content (AvgIpc) is 2.37. The highest BCUT2D eigenvalue weighted by molar-refractivity contribution is 5.91. The predicted octanol–water partition coefficient (Wildman–Crippen LogP) is 2.93. The quantitative estimate of drug-likeness (QED) is 0.655. The van der Waals surface area contributed by atoms with Gasteiger partial charge in [0.25, 0.3) is 0 Å². The molecule has 1 fully saturated rings. The second kappa shape index (κ2) is 5.47. The first-order valence-electron chi connectivity index (χ1n) is 6.79. The number of anilines is 1. The molecule has 1 aliphatic rings. The minimum Gasteiger partial charge on any atom is -0.399 e. The maximum absolute atomic E-state index is 12.1. The van der Waals surface area contributed by atoms with Gasteiger partial charge in [-0.15, -0.1) is 0 Å². The first-order chi connectivity index (χ1) is 8.96. The number of piperidine rings is 1. The summed E-state index contributed by atoms with van der Waals surface area (Å²) in [6.45, 7) is 6.24. The van der Waals surface area contributed by atoms with Gasteiger partial charge >= 0.3 is 0 Å². The van der Waals surface area contributed by atoms with E-state index in [-0.39, 0.29) is 5.91 Å². The second-order valence-corrected chi connectivity index (χ2v) is 5.99. The zero-order valence-corrected chi connectivity index (χ0v) is 11.7. The molecule has 1 aromatic rings. The van der Waals surface area contributed by atoms with E-state index in [0.717, 1.165) is 37.2 Å². The minimum atomic E-state index is 0.104. The Morgan fingerprint density at radius 1 is 1.21 bits per heavy atom. The molecule has 2 N–H and O–H groups in total. The van der Waals surface area contributed by atoms with Crippen molar-refractivity contribution in [1.82, 2.24) is 4.90 Å². The Labute approximate surface area is 115 Å². The molecular weight excluding hydrogens is 236 g/mol. The van der Waals surface area contributed by atoms with Crippen molar-refractivity contribution in [3.63, 3.8) is 0 Å². The number of nitrogens with two attached hydrogens (primary N) is 1. The number of amides is 1. The number of carbonyl (C=O) groups excluding carboxylic acids is 1. The summed E-state index contributed by atoms with van der Waals surface area (Å²) in [6.07, 6.45) is 5.66. The fourth-order valence-electron chi connectivity index (χ4n) is 2.21. The van der Waals surface area contributed by atoms with Crippen LogP contribution in [0, 0.1) is 5.41 Å². The SMILES string of the molecule is CC1(C)CCN(C(=O)/C=C/c2ccc(N)cc2)CC1. The molecule has 0 bridgehead atoms. The van der Waals surface area contributed by atoms with E-state index in [1.54, 1.807) is 6.08 Å². The molecule has 0 unspecified atom stereocenters. The normalized spacial score (nSPS) is 18.7. The molecule has 0 aliphatic carbocycles. The Kier molecular flexibility index (Phi) is 3.93. The Bertz CT molecular complexity index is 464. The second-order valence-electron chi connectivity index (χ2n) is 5.99. The number of nitrogens with zero attached hydrogens (tertiary/aromatic N) is 1. The summed E-state index contributed by atoms with van der Waals surface area (Å²) in [6, 6.07) is 7.51. The van der Waals surface area contributed by atoms with Gasteiger partial charge in [-0.25, -0.2) is 0 Å². The molecule has 19 heavy (non-hydrogen) atoms. The summed E-state index contributed by atoms with van der Waals surface area (Å²) in [5, 5.41) is 0. The third-order valence-electron chi connectivity index (χ3n) is 3.78. The van der Waals surface area contributed by atoms with E-state index in [2.05, 4.69) is 13.8 Å². The first kappa shape index (κ1) is 13.7. The van der Waals surface area contributed by atoms with Crippen LogP contribution in [0.1, 0.15) is 32.3 Å². The molecule has 3 nitrogen and oxygen atoms in total. The molecule has 0 spiro atoms. The predicted molar refractivity (Wildman–Crippen MR) is 79.5 cm³/mol. The van der Waals surface area contributed by atoms with Crippen molar-refractivity contribution in [1.29, 1.82) is 0 Å². The molecule has 0 radical (unpaired) electrons. The molecule has 2 rings (SSSR count). The number of hydrogen-bond donors (Lipinski definition) is 1. The lowest BCUT2D eigenvalue weighted by atomic mass is 9.83. The molecule has 1 aliphatic heterocycles. The largest absolute Gasteiger partial charge is 0.399 e. The van der Waals surface area contributed by atoms with E-state index < -0.39 is 0 Å². The Morgan fingerprint density at radius 3 is 2.37 bits per heavy atom. The van der Waals surface area contributed by atoms with E-state index >= 15 is 0 Å². The van der Waals surface area contributed by atoms with Gasteiger partial charge in [0, 0.05) is 24.9 Å². The molecule has 102 valence electrons. The number of rotatable bonds is 2. The molecule has 1 saturated heterocycles. The highest BCUT2D eigenvalue weighted by atomic mass is 16.2. The number of carbonyl (C=O) groups is 1. The maximum atomic E-state index is 12.1. The minimum absolute atomic E-state index is 0.104. The maximum Gasteiger partial charge on any atom is 0.246 e. The number of hydrogen-bond acceptors (Lipinski definition) is 2. The van der Waals surface area contributed by atoms with Crippen LogP contribution in [0.2, 0.25) is 0 Å². The van der Waals surface area contributed by atoms with Crippen molar-refractivity contribution in [2.45, 2.75) is 26.7 Å². The van der Waals surface area contributed by atoms with Crippen LogP contribution < -0.4 is 5.73 Å². The third kappa shape index (κ3) is 3.85. The van der Waals surface area contributed by atoms with Crippen LogP contribution in [-0.2, 0) is 4.79 Å². The van der Waals surface area contributed by atoms with Gasteiger partial charge in [0.2, 0.25) is 5.91 Å². The smallest absolute Gasteiger partial charge is 0.246 e. The molecule has 1 aromatic carbocycles. The Balaban J connectivity index is 1.92. The van der Waals surface area contributed by atoms with Crippen LogP contribution in [-0.4, -0.2) is 23.9 Å². The van der Waals surface area contributed by atoms with Gasteiger partial charge < -0.3 is 10.6 Å². The van der Waals surface area contributed by atoms with Gasteiger partial charge in [0.05, 0.1) is 0 Å². The zero-order valence-electron chi connectivity index (χ0n) is 11.7. The summed E-state index contributed by atoms with van der Waals surface area (Å²) in [5.74, 6) is 0.104. The summed E-state index contributed by atoms with van der Waals surface area (Å²) >= 11 is 0. The standard InChI is InChI=1S/C16H22N2O/c1-16(2)9-11-18(12-10-16)15(19)8-5-13-3-6-14(17)7-4-13/h3-8H,9-12,17H2,1-2H3/b8-5+. The highest BCUT2D eigenvalue weighted by Crippen LogP contribution is 2.29. The van der Waals surface area contributed by atoms with Crippen LogP contribution in [0.25, 0.3) is 6.08 Å². The molecule has 0 saturated carbocycles. The van der Waals surface area contributed by atoms with Crippen molar-refractivity contribution in [2.75, 3.05) is 18.8 Å². The average molecular weight is 258 g/mol. The molecule has 1 heterocycles. The van der Waals surface area contributed by atoms with E-state index in [4.69, 9.17) is 5.73 Å².